The number of unbranched alkanes of at least 4 members (excludes halogenated alkanes) is 1. The number of hydrogen-bond acceptors (Lipinski definition) is 6. The molecule has 0 aliphatic carbocycles. The molecule has 0 aliphatic heterocycles. The van der Waals surface area contributed by atoms with E-state index < -0.39 is 6.16 Å². The molecule has 5 rings (SSSR count). The molecule has 0 saturated heterocycles. The van der Waals surface area contributed by atoms with Gasteiger partial charge >= 0.3 is 12.1 Å². The van der Waals surface area contributed by atoms with Gasteiger partial charge in [0.1, 0.15) is 11.5 Å². The fraction of sp³-hybridized carbons (Fsp3) is 0.222. The molecule has 0 spiro atoms. The summed E-state index contributed by atoms with van der Waals surface area (Å²) in [6.45, 7) is 4.91. The average Bonchev–Trinajstić information content (AvgIpc) is 3.35. The van der Waals surface area contributed by atoms with Gasteiger partial charge in [-0.1, -0.05) is 48.5 Å². The first kappa shape index (κ1) is 29.5. The molecule has 0 saturated carbocycles. The van der Waals surface area contributed by atoms with Gasteiger partial charge in [0.2, 0.25) is 0 Å². The molecule has 0 radical (unpaired) electrons. The summed E-state index contributed by atoms with van der Waals surface area (Å²) in [7, 11) is 1.65. The maximum atomic E-state index is 12.2. The summed E-state index contributed by atoms with van der Waals surface area (Å²) in [5.41, 5.74) is 6.53. The van der Waals surface area contributed by atoms with E-state index in [0.29, 0.717) is 25.2 Å². The quantitative estimate of drug-likeness (QED) is 0.0681. The Morgan fingerprint density at radius 1 is 0.744 bits per heavy atom. The smallest absolute Gasteiger partial charge is 0.497 e. The number of aromatic nitrogens is 1. The van der Waals surface area contributed by atoms with E-state index in [1.54, 1.807) is 19.2 Å². The number of aryl methyl sites for hydroxylation is 1. The third-order valence-corrected chi connectivity index (χ3v) is 7.26. The SMILES string of the molecule is CCn1c2ccccc2c2cc(C=C(c3ccc(OC)cc3)c3ccc(OC(=O)OCCCCOC(C)=O)cc3)ccc21. The molecule has 4 aromatic carbocycles. The Kier molecular flexibility index (Phi) is 9.42. The summed E-state index contributed by atoms with van der Waals surface area (Å²) in [6, 6.07) is 30.4. The van der Waals surface area contributed by atoms with Gasteiger partial charge in [0.15, 0.2) is 0 Å². The van der Waals surface area contributed by atoms with Crippen LogP contribution in [0.2, 0.25) is 0 Å². The third-order valence-electron chi connectivity index (χ3n) is 7.26. The average molecular weight is 578 g/mol. The van der Waals surface area contributed by atoms with Gasteiger partial charge in [-0.05, 0) is 90.6 Å². The molecular formula is C36H35NO6. The Bertz CT molecular complexity index is 1750. The molecule has 0 unspecified atom stereocenters. The fourth-order valence-corrected chi connectivity index (χ4v) is 5.18. The second-order valence-electron chi connectivity index (χ2n) is 10.1. The largest absolute Gasteiger partial charge is 0.513 e. The molecule has 0 N–H and O–H groups in total. The molecular weight excluding hydrogens is 542 g/mol. The van der Waals surface area contributed by atoms with Crippen molar-refractivity contribution in [3.63, 3.8) is 0 Å². The Labute approximate surface area is 251 Å². The molecule has 5 aromatic rings. The first-order valence-corrected chi connectivity index (χ1v) is 14.4. The highest BCUT2D eigenvalue weighted by Gasteiger charge is 2.12. The summed E-state index contributed by atoms with van der Waals surface area (Å²) in [5.74, 6) is 0.845. The normalized spacial score (nSPS) is 11.5. The summed E-state index contributed by atoms with van der Waals surface area (Å²) in [5, 5.41) is 2.45. The van der Waals surface area contributed by atoms with E-state index in [2.05, 4.69) is 60.0 Å². The number of esters is 1. The van der Waals surface area contributed by atoms with Crippen LogP contribution in [-0.2, 0) is 20.8 Å². The molecule has 7 heteroatoms. The lowest BCUT2D eigenvalue weighted by Gasteiger charge is -2.12. The zero-order chi connectivity index (χ0) is 30.2. The van der Waals surface area contributed by atoms with E-state index in [-0.39, 0.29) is 12.6 Å². The predicted octanol–water partition coefficient (Wildman–Crippen LogP) is 8.27. The van der Waals surface area contributed by atoms with Crippen molar-refractivity contribution in [2.45, 2.75) is 33.2 Å². The van der Waals surface area contributed by atoms with Crippen LogP contribution >= 0.6 is 0 Å². The zero-order valence-corrected chi connectivity index (χ0v) is 24.7. The van der Waals surface area contributed by atoms with Crippen LogP contribution in [0.4, 0.5) is 4.79 Å². The Morgan fingerprint density at radius 2 is 1.37 bits per heavy atom. The lowest BCUT2D eigenvalue weighted by molar-refractivity contribution is -0.141. The topological polar surface area (TPSA) is 76.0 Å². The van der Waals surface area contributed by atoms with Crippen LogP contribution in [0.3, 0.4) is 0 Å². The van der Waals surface area contributed by atoms with Gasteiger partial charge in [0.25, 0.3) is 0 Å². The minimum atomic E-state index is -0.772. The predicted molar refractivity (Wildman–Crippen MR) is 169 cm³/mol. The number of hydrogen-bond donors (Lipinski definition) is 0. The van der Waals surface area contributed by atoms with Gasteiger partial charge in [0, 0.05) is 35.3 Å². The maximum absolute atomic E-state index is 12.2. The fourth-order valence-electron chi connectivity index (χ4n) is 5.18. The van der Waals surface area contributed by atoms with Crippen LogP contribution in [0, 0.1) is 0 Å². The van der Waals surface area contributed by atoms with E-state index in [0.717, 1.165) is 34.6 Å². The number of carbonyl (C=O) groups excluding carboxylic acids is 2. The van der Waals surface area contributed by atoms with Crippen molar-refractivity contribution in [2.75, 3.05) is 20.3 Å². The van der Waals surface area contributed by atoms with Gasteiger partial charge in [-0.25, -0.2) is 4.79 Å². The monoisotopic (exact) mass is 577 g/mol. The number of methoxy groups -OCH3 is 1. The first-order chi connectivity index (χ1) is 21.0. The highest BCUT2D eigenvalue weighted by molar-refractivity contribution is 6.09. The molecule has 43 heavy (non-hydrogen) atoms. The lowest BCUT2D eigenvalue weighted by Crippen LogP contribution is -2.12. The maximum Gasteiger partial charge on any atom is 0.513 e. The molecule has 220 valence electrons. The molecule has 0 bridgehead atoms. The molecule has 1 aromatic heterocycles. The minimum absolute atomic E-state index is 0.184. The zero-order valence-electron chi connectivity index (χ0n) is 24.7. The van der Waals surface area contributed by atoms with Crippen LogP contribution in [0.1, 0.15) is 43.4 Å². The van der Waals surface area contributed by atoms with Crippen molar-refractivity contribution in [1.29, 1.82) is 0 Å². The van der Waals surface area contributed by atoms with Crippen LogP contribution < -0.4 is 9.47 Å². The number of fused-ring (bicyclic) bond motifs is 3. The van der Waals surface area contributed by atoms with Gasteiger partial charge in [-0.15, -0.1) is 0 Å². The molecule has 0 atom stereocenters. The van der Waals surface area contributed by atoms with Crippen molar-refractivity contribution in [3.05, 3.63) is 108 Å². The summed E-state index contributed by atoms with van der Waals surface area (Å²) in [4.78, 5) is 23.0. The van der Waals surface area contributed by atoms with Crippen LogP contribution in [0.25, 0.3) is 33.5 Å². The standard InChI is InChI=1S/C36H35NO6/c1-4-37-34-10-6-5-9-31(34)33-24-26(11-20-35(33)37)23-32(27-12-16-29(40-3)17-13-27)28-14-18-30(19-15-28)43-36(39)42-22-8-7-21-41-25(2)38/h5-6,9-20,23-24H,4,7-8,21-22H2,1-3H3. The summed E-state index contributed by atoms with van der Waals surface area (Å²) >= 11 is 0. The number of carbonyl (C=O) groups is 2. The van der Waals surface area contributed by atoms with Gasteiger partial charge in [-0.3, -0.25) is 4.79 Å². The number of rotatable bonds is 11. The van der Waals surface area contributed by atoms with Crippen LogP contribution in [0.5, 0.6) is 11.5 Å². The van der Waals surface area contributed by atoms with Crippen molar-refractivity contribution in [1.82, 2.24) is 4.57 Å². The minimum Gasteiger partial charge on any atom is -0.497 e. The first-order valence-electron chi connectivity index (χ1n) is 14.4. The Balaban J connectivity index is 1.39. The molecule has 0 aliphatic rings. The molecule has 1 heterocycles. The number of benzene rings is 4. The second-order valence-corrected chi connectivity index (χ2v) is 10.1. The van der Waals surface area contributed by atoms with E-state index in [9.17, 15) is 9.59 Å². The van der Waals surface area contributed by atoms with E-state index in [4.69, 9.17) is 18.9 Å². The van der Waals surface area contributed by atoms with Crippen LogP contribution in [-0.4, -0.2) is 37.0 Å². The van der Waals surface area contributed by atoms with Gasteiger partial charge in [0.05, 0.1) is 20.3 Å². The van der Waals surface area contributed by atoms with E-state index in [1.165, 1.54) is 28.7 Å². The Morgan fingerprint density at radius 3 is 2.02 bits per heavy atom. The highest BCUT2D eigenvalue weighted by atomic mass is 16.7. The lowest BCUT2D eigenvalue weighted by atomic mass is 9.95. The number of nitrogens with zero attached hydrogens (tertiary/aromatic N) is 1. The van der Waals surface area contributed by atoms with Crippen LogP contribution in [0.15, 0.2) is 91.0 Å². The van der Waals surface area contributed by atoms with Crippen molar-refractivity contribution < 1.29 is 28.5 Å². The molecule has 0 fully saturated rings. The summed E-state index contributed by atoms with van der Waals surface area (Å²) in [6.07, 6.45) is 2.59. The number of ether oxygens (including phenoxy) is 4. The van der Waals surface area contributed by atoms with Gasteiger partial charge in [-0.2, -0.15) is 0 Å². The van der Waals surface area contributed by atoms with Crippen molar-refractivity contribution >= 4 is 45.6 Å². The number of para-hydroxylation sites is 1. The van der Waals surface area contributed by atoms with Gasteiger partial charge < -0.3 is 23.5 Å². The summed E-state index contributed by atoms with van der Waals surface area (Å²) < 4.78 is 23.1. The Hall–Kier alpha value is -5.04. The van der Waals surface area contributed by atoms with E-state index in [1.807, 2.05) is 36.4 Å². The van der Waals surface area contributed by atoms with Crippen molar-refractivity contribution in [3.8, 4) is 11.5 Å². The van der Waals surface area contributed by atoms with E-state index >= 15 is 0 Å². The third kappa shape index (κ3) is 7.07. The second kappa shape index (κ2) is 13.7. The molecule has 7 nitrogen and oxygen atoms in total. The highest BCUT2D eigenvalue weighted by Crippen LogP contribution is 2.33. The van der Waals surface area contributed by atoms with Crippen molar-refractivity contribution in [2.24, 2.45) is 0 Å². The molecule has 0 amide bonds.